The summed E-state index contributed by atoms with van der Waals surface area (Å²) in [5.74, 6) is -2.26. The maximum atomic E-state index is 13.0. The molecule has 5 nitrogen and oxygen atoms in total. The lowest BCUT2D eigenvalue weighted by atomic mass is 9.98. The maximum absolute atomic E-state index is 13.0. The van der Waals surface area contributed by atoms with Crippen LogP contribution in [0.2, 0.25) is 0 Å². The maximum Gasteiger partial charge on any atom is 0.329 e. The van der Waals surface area contributed by atoms with Gasteiger partial charge in [0.2, 0.25) is 5.91 Å². The third-order valence-electron chi connectivity index (χ3n) is 3.21. The lowest BCUT2D eigenvalue weighted by Crippen LogP contribution is -2.51. The van der Waals surface area contributed by atoms with E-state index in [0.29, 0.717) is 0 Å². The van der Waals surface area contributed by atoms with Gasteiger partial charge in [0.15, 0.2) is 0 Å². The van der Waals surface area contributed by atoms with Crippen LogP contribution in [0.4, 0.5) is 4.39 Å². The Labute approximate surface area is 116 Å². The summed E-state index contributed by atoms with van der Waals surface area (Å²) in [5, 5.41) is 21.3. The molecule has 1 aromatic carbocycles. The van der Waals surface area contributed by atoms with E-state index < -0.39 is 29.3 Å². The fourth-order valence-corrected chi connectivity index (χ4v) is 1.66. The number of nitrogens with one attached hydrogen (secondary N) is 1. The van der Waals surface area contributed by atoms with Gasteiger partial charge in [-0.3, -0.25) is 4.79 Å². The summed E-state index contributed by atoms with van der Waals surface area (Å²) in [6.45, 7) is 3.03. The zero-order chi connectivity index (χ0) is 15.3. The Hall–Kier alpha value is -1.95. The quantitative estimate of drug-likeness (QED) is 0.740. The second-order valence-corrected chi connectivity index (χ2v) is 4.81. The topological polar surface area (TPSA) is 86.6 Å². The Kier molecular flexibility index (Phi) is 5.21. The lowest BCUT2D eigenvalue weighted by Gasteiger charge is -2.25. The number of aliphatic hydroxyl groups is 1. The third kappa shape index (κ3) is 4.03. The van der Waals surface area contributed by atoms with Crippen molar-refractivity contribution < 1.29 is 24.2 Å². The number of aliphatic hydroxyl groups excluding tert-OH is 1. The molecule has 0 aliphatic carbocycles. The van der Waals surface area contributed by atoms with E-state index in [0.717, 1.165) is 6.07 Å². The number of hydrogen-bond donors (Lipinski definition) is 3. The van der Waals surface area contributed by atoms with Crippen molar-refractivity contribution in [2.75, 3.05) is 0 Å². The zero-order valence-corrected chi connectivity index (χ0v) is 11.4. The first-order valence-corrected chi connectivity index (χ1v) is 6.26. The van der Waals surface area contributed by atoms with E-state index in [-0.39, 0.29) is 18.4 Å². The largest absolute Gasteiger partial charge is 0.480 e. The molecular weight excluding hydrogens is 265 g/mol. The van der Waals surface area contributed by atoms with Crippen molar-refractivity contribution in [1.29, 1.82) is 0 Å². The van der Waals surface area contributed by atoms with Crippen LogP contribution in [0.3, 0.4) is 0 Å². The summed E-state index contributed by atoms with van der Waals surface area (Å²) >= 11 is 0. The molecule has 0 saturated carbocycles. The molecule has 0 heterocycles. The van der Waals surface area contributed by atoms with Gasteiger partial charge in [-0.1, -0.05) is 19.1 Å². The van der Waals surface area contributed by atoms with Crippen molar-refractivity contribution in [1.82, 2.24) is 5.32 Å². The van der Waals surface area contributed by atoms with E-state index >= 15 is 0 Å². The van der Waals surface area contributed by atoms with E-state index in [4.69, 9.17) is 5.11 Å². The molecule has 0 saturated heterocycles. The standard InChI is InChI=1S/C14H18FNO4/c1-3-14(2,13(19)20)16-12(18)8-11(17)9-5-4-6-10(15)7-9/h4-7,11,17H,3,8H2,1-2H3,(H,16,18)(H,19,20). The van der Waals surface area contributed by atoms with Crippen molar-refractivity contribution in [3.63, 3.8) is 0 Å². The highest BCUT2D eigenvalue weighted by molar-refractivity contribution is 5.86. The van der Waals surface area contributed by atoms with Crippen molar-refractivity contribution in [3.05, 3.63) is 35.6 Å². The molecular formula is C14H18FNO4. The number of carbonyl (C=O) groups excluding carboxylic acids is 1. The van der Waals surface area contributed by atoms with Gasteiger partial charge >= 0.3 is 5.97 Å². The average Bonchev–Trinajstić information content (AvgIpc) is 2.38. The summed E-state index contributed by atoms with van der Waals surface area (Å²) in [7, 11) is 0. The highest BCUT2D eigenvalue weighted by Crippen LogP contribution is 2.18. The van der Waals surface area contributed by atoms with Gasteiger partial charge < -0.3 is 15.5 Å². The summed E-state index contributed by atoms with van der Waals surface area (Å²) in [4.78, 5) is 22.8. The Morgan fingerprint density at radius 1 is 1.45 bits per heavy atom. The SMILES string of the molecule is CCC(C)(NC(=O)CC(O)c1cccc(F)c1)C(=O)O. The number of rotatable bonds is 6. The molecule has 1 aromatic rings. The number of aliphatic carboxylic acids is 1. The predicted octanol–water partition coefficient (Wildman–Crippen LogP) is 1.62. The zero-order valence-electron chi connectivity index (χ0n) is 11.4. The molecule has 0 aliphatic rings. The molecule has 6 heteroatoms. The average molecular weight is 283 g/mol. The Morgan fingerprint density at radius 3 is 2.60 bits per heavy atom. The number of hydrogen-bond acceptors (Lipinski definition) is 3. The minimum absolute atomic E-state index is 0.212. The van der Waals surface area contributed by atoms with Gasteiger partial charge in [0.1, 0.15) is 11.4 Å². The minimum Gasteiger partial charge on any atom is -0.480 e. The fraction of sp³-hybridized carbons (Fsp3) is 0.429. The summed E-state index contributed by atoms with van der Waals surface area (Å²) < 4.78 is 13.0. The van der Waals surface area contributed by atoms with Gasteiger partial charge in [-0.2, -0.15) is 0 Å². The first kappa shape index (κ1) is 16.1. The molecule has 0 aliphatic heterocycles. The van der Waals surface area contributed by atoms with Gasteiger partial charge in [-0.25, -0.2) is 9.18 Å². The highest BCUT2D eigenvalue weighted by Gasteiger charge is 2.33. The van der Waals surface area contributed by atoms with Crippen LogP contribution in [0.25, 0.3) is 0 Å². The van der Waals surface area contributed by atoms with E-state index in [1.807, 2.05) is 0 Å². The van der Waals surface area contributed by atoms with Crippen LogP contribution in [0, 0.1) is 5.82 Å². The van der Waals surface area contributed by atoms with E-state index in [2.05, 4.69) is 5.32 Å². The molecule has 3 N–H and O–H groups in total. The molecule has 1 rings (SSSR count). The molecule has 1 amide bonds. The van der Waals surface area contributed by atoms with Crippen molar-refractivity contribution >= 4 is 11.9 Å². The molecule has 20 heavy (non-hydrogen) atoms. The van der Waals surface area contributed by atoms with Gasteiger partial charge in [0.25, 0.3) is 0 Å². The van der Waals surface area contributed by atoms with E-state index in [1.165, 1.54) is 25.1 Å². The summed E-state index contributed by atoms with van der Waals surface area (Å²) in [5.41, 5.74) is -1.10. The monoisotopic (exact) mass is 283 g/mol. The fourth-order valence-electron chi connectivity index (χ4n) is 1.66. The smallest absolute Gasteiger partial charge is 0.329 e. The predicted molar refractivity (Wildman–Crippen MR) is 70.5 cm³/mol. The van der Waals surface area contributed by atoms with Crippen molar-refractivity contribution in [2.24, 2.45) is 0 Å². The number of carbonyl (C=O) groups is 2. The second kappa shape index (κ2) is 6.47. The number of amides is 1. The first-order chi connectivity index (χ1) is 9.28. The van der Waals surface area contributed by atoms with Crippen LogP contribution in [0.1, 0.15) is 38.4 Å². The van der Waals surface area contributed by atoms with Gasteiger partial charge in [0, 0.05) is 0 Å². The molecule has 110 valence electrons. The summed E-state index contributed by atoms with van der Waals surface area (Å²) in [6.07, 6.45) is -1.29. The number of carboxylic acid groups (broad SMARTS) is 1. The molecule has 0 fully saturated rings. The normalized spacial score (nSPS) is 15.2. The lowest BCUT2D eigenvalue weighted by molar-refractivity contribution is -0.147. The number of halogens is 1. The van der Waals surface area contributed by atoms with Crippen LogP contribution in [0.15, 0.2) is 24.3 Å². The number of benzene rings is 1. The van der Waals surface area contributed by atoms with Crippen LogP contribution in [0.5, 0.6) is 0 Å². The molecule has 0 radical (unpaired) electrons. The Morgan fingerprint density at radius 2 is 2.10 bits per heavy atom. The van der Waals surface area contributed by atoms with E-state index in [9.17, 15) is 19.1 Å². The van der Waals surface area contributed by atoms with Crippen molar-refractivity contribution in [2.45, 2.75) is 38.3 Å². The highest BCUT2D eigenvalue weighted by atomic mass is 19.1. The van der Waals surface area contributed by atoms with Gasteiger partial charge in [0.05, 0.1) is 12.5 Å². The second-order valence-electron chi connectivity index (χ2n) is 4.81. The van der Waals surface area contributed by atoms with Gasteiger partial charge in [-0.15, -0.1) is 0 Å². The molecule has 0 aromatic heterocycles. The van der Waals surface area contributed by atoms with Gasteiger partial charge in [-0.05, 0) is 31.0 Å². The number of carboxylic acids is 1. The Balaban J connectivity index is 2.69. The minimum atomic E-state index is -1.38. The van der Waals surface area contributed by atoms with Crippen molar-refractivity contribution in [3.8, 4) is 0 Å². The molecule has 2 unspecified atom stereocenters. The molecule has 0 spiro atoms. The first-order valence-electron chi connectivity index (χ1n) is 6.26. The van der Waals surface area contributed by atoms with Crippen LogP contribution < -0.4 is 5.32 Å². The van der Waals surface area contributed by atoms with E-state index in [1.54, 1.807) is 6.92 Å². The third-order valence-corrected chi connectivity index (χ3v) is 3.21. The van der Waals surface area contributed by atoms with Crippen LogP contribution >= 0.6 is 0 Å². The molecule has 2 atom stereocenters. The Bertz CT molecular complexity index is 506. The van der Waals surface area contributed by atoms with Crippen LogP contribution in [-0.2, 0) is 9.59 Å². The summed E-state index contributed by atoms with van der Waals surface area (Å²) in [6, 6.07) is 5.29. The van der Waals surface area contributed by atoms with Crippen LogP contribution in [-0.4, -0.2) is 27.6 Å². The molecule has 0 bridgehead atoms.